The summed E-state index contributed by atoms with van der Waals surface area (Å²) in [5.41, 5.74) is 6.35. The lowest BCUT2D eigenvalue weighted by Crippen LogP contribution is -2.29. The zero-order valence-corrected chi connectivity index (χ0v) is 8.07. The first-order chi connectivity index (χ1) is 6.66. The van der Waals surface area contributed by atoms with Crippen LogP contribution in [-0.4, -0.2) is 22.9 Å². The van der Waals surface area contributed by atoms with E-state index < -0.39 is 0 Å². The van der Waals surface area contributed by atoms with Gasteiger partial charge in [-0.2, -0.15) is 5.10 Å². The van der Waals surface area contributed by atoms with Crippen LogP contribution in [0, 0.1) is 0 Å². The van der Waals surface area contributed by atoms with Crippen LogP contribution in [0.5, 0.6) is 0 Å². The van der Waals surface area contributed by atoms with Gasteiger partial charge in [0, 0.05) is 19.8 Å². The third-order valence-corrected chi connectivity index (χ3v) is 2.24. The van der Waals surface area contributed by atoms with Crippen LogP contribution in [-0.2, 0) is 7.05 Å². The summed E-state index contributed by atoms with van der Waals surface area (Å²) in [7, 11) is 1.80. The van der Waals surface area contributed by atoms with Crippen LogP contribution in [0.1, 0.15) is 6.42 Å². The first kappa shape index (κ1) is 9.05. The Labute approximate surface area is 81.8 Å². The Morgan fingerprint density at radius 1 is 1.57 bits per heavy atom. The summed E-state index contributed by atoms with van der Waals surface area (Å²) < 4.78 is 14.6. The molecule has 0 atom stereocenters. The molecule has 5 heteroatoms. The summed E-state index contributed by atoms with van der Waals surface area (Å²) in [4.78, 5) is 1.85. The largest absolute Gasteiger partial charge is 0.394 e. The molecule has 0 bridgehead atoms. The third kappa shape index (κ3) is 1.57. The fraction of sp³-hybridized carbons (Fsp3) is 0.444. The Balaban J connectivity index is 2.23. The van der Waals surface area contributed by atoms with Crippen molar-refractivity contribution >= 4 is 11.5 Å². The van der Waals surface area contributed by atoms with Gasteiger partial charge in [-0.05, 0) is 12.5 Å². The molecule has 0 saturated heterocycles. The van der Waals surface area contributed by atoms with Gasteiger partial charge >= 0.3 is 0 Å². The topological polar surface area (TPSA) is 47.1 Å². The first-order valence-electron chi connectivity index (χ1n) is 4.55. The van der Waals surface area contributed by atoms with Gasteiger partial charge in [-0.3, -0.25) is 4.68 Å². The van der Waals surface area contributed by atoms with E-state index in [2.05, 4.69) is 5.10 Å². The number of nitrogens with zero attached hydrogens (tertiary/aromatic N) is 3. The second-order valence-electron chi connectivity index (χ2n) is 3.44. The van der Waals surface area contributed by atoms with E-state index >= 15 is 0 Å². The molecule has 0 fully saturated rings. The molecule has 0 aromatic carbocycles. The zero-order valence-electron chi connectivity index (χ0n) is 8.07. The van der Waals surface area contributed by atoms with E-state index in [1.54, 1.807) is 24.0 Å². The first-order valence-corrected chi connectivity index (χ1v) is 4.55. The number of anilines is 2. The Kier molecular flexibility index (Phi) is 2.15. The molecule has 0 radical (unpaired) electrons. The molecule has 0 amide bonds. The van der Waals surface area contributed by atoms with E-state index in [1.807, 2.05) is 4.90 Å². The molecule has 2 N–H and O–H groups in total. The van der Waals surface area contributed by atoms with E-state index in [-0.39, 0.29) is 12.4 Å². The van der Waals surface area contributed by atoms with E-state index in [1.165, 1.54) is 0 Å². The number of hydrogen-bond acceptors (Lipinski definition) is 3. The third-order valence-electron chi connectivity index (χ3n) is 2.24. The van der Waals surface area contributed by atoms with Gasteiger partial charge in [-0.15, -0.1) is 0 Å². The molecule has 0 unspecified atom stereocenters. The van der Waals surface area contributed by atoms with Crippen molar-refractivity contribution in [2.45, 2.75) is 6.42 Å². The monoisotopic (exact) mass is 196 g/mol. The summed E-state index contributed by atoms with van der Waals surface area (Å²) in [6, 6.07) is 0. The van der Waals surface area contributed by atoms with E-state index in [9.17, 15) is 4.39 Å². The number of nitrogen functional groups attached to an aromatic ring is 1. The molecule has 0 aliphatic carbocycles. The summed E-state index contributed by atoms with van der Waals surface area (Å²) in [6.07, 6.45) is 4.04. The quantitative estimate of drug-likeness (QED) is 0.730. The summed E-state index contributed by atoms with van der Waals surface area (Å²) in [5.74, 6) is 0.567. The molecular weight excluding hydrogens is 183 g/mol. The number of aryl methyl sites for hydroxylation is 1. The van der Waals surface area contributed by atoms with Crippen molar-refractivity contribution in [3.8, 4) is 0 Å². The maximum absolute atomic E-state index is 13.0. The molecule has 4 nitrogen and oxygen atoms in total. The fourth-order valence-corrected chi connectivity index (χ4v) is 1.62. The molecule has 1 aromatic rings. The lowest BCUT2D eigenvalue weighted by molar-refractivity contribution is 0.571. The van der Waals surface area contributed by atoms with Gasteiger partial charge in [0.1, 0.15) is 5.83 Å². The van der Waals surface area contributed by atoms with Crippen LogP contribution in [0.4, 0.5) is 15.9 Å². The molecule has 1 aromatic heterocycles. The molecule has 76 valence electrons. The van der Waals surface area contributed by atoms with Crippen LogP contribution < -0.4 is 10.6 Å². The van der Waals surface area contributed by atoms with Crippen molar-refractivity contribution in [2.75, 3.05) is 23.7 Å². The highest BCUT2D eigenvalue weighted by atomic mass is 19.1. The van der Waals surface area contributed by atoms with Crippen LogP contribution in [0.3, 0.4) is 0 Å². The van der Waals surface area contributed by atoms with Gasteiger partial charge in [-0.1, -0.05) is 0 Å². The highest BCUT2D eigenvalue weighted by Crippen LogP contribution is 2.23. The highest BCUT2D eigenvalue weighted by molar-refractivity contribution is 5.62. The predicted molar refractivity (Wildman–Crippen MR) is 53.6 cm³/mol. The molecule has 1 aliphatic rings. The standard InChI is InChI=1S/C9H13FN4/c1-13-6-8(11)9(12-13)14-4-2-3-7(10)5-14/h3,6H,2,4-5,11H2,1H3. The Morgan fingerprint density at radius 3 is 2.93 bits per heavy atom. The van der Waals surface area contributed by atoms with Gasteiger partial charge in [-0.25, -0.2) is 4.39 Å². The van der Waals surface area contributed by atoms with Gasteiger partial charge in [0.2, 0.25) is 0 Å². The zero-order chi connectivity index (χ0) is 10.1. The van der Waals surface area contributed by atoms with E-state index in [4.69, 9.17) is 5.73 Å². The fourth-order valence-electron chi connectivity index (χ4n) is 1.62. The number of hydrogen-bond donors (Lipinski definition) is 1. The van der Waals surface area contributed by atoms with Gasteiger partial charge in [0.05, 0.1) is 12.2 Å². The van der Waals surface area contributed by atoms with Crippen molar-refractivity contribution in [3.63, 3.8) is 0 Å². The molecule has 2 heterocycles. The summed E-state index contributed by atoms with van der Waals surface area (Å²) in [5, 5.41) is 4.19. The number of aromatic nitrogens is 2. The average molecular weight is 196 g/mol. The van der Waals surface area contributed by atoms with Gasteiger partial charge in [0.15, 0.2) is 5.82 Å². The second kappa shape index (κ2) is 3.32. The number of rotatable bonds is 1. The number of halogens is 1. The van der Waals surface area contributed by atoms with E-state index in [0.717, 1.165) is 6.54 Å². The lowest BCUT2D eigenvalue weighted by Gasteiger charge is -2.24. The lowest BCUT2D eigenvalue weighted by atomic mass is 10.2. The molecule has 2 rings (SSSR count). The van der Waals surface area contributed by atoms with Crippen LogP contribution in [0.2, 0.25) is 0 Å². The minimum atomic E-state index is -0.110. The molecule has 14 heavy (non-hydrogen) atoms. The van der Waals surface area contributed by atoms with Crippen molar-refractivity contribution < 1.29 is 4.39 Å². The summed E-state index contributed by atoms with van der Waals surface area (Å²) in [6.45, 7) is 1.05. The Hall–Kier alpha value is -1.52. The molecule has 0 spiro atoms. The van der Waals surface area contributed by atoms with Crippen molar-refractivity contribution in [2.24, 2.45) is 7.05 Å². The smallest absolute Gasteiger partial charge is 0.174 e. The highest BCUT2D eigenvalue weighted by Gasteiger charge is 2.17. The summed E-state index contributed by atoms with van der Waals surface area (Å²) >= 11 is 0. The molecular formula is C9H13FN4. The second-order valence-corrected chi connectivity index (χ2v) is 3.44. The van der Waals surface area contributed by atoms with Crippen LogP contribution in [0.25, 0.3) is 0 Å². The van der Waals surface area contributed by atoms with E-state index in [0.29, 0.717) is 17.9 Å². The van der Waals surface area contributed by atoms with Crippen molar-refractivity contribution in [1.82, 2.24) is 9.78 Å². The van der Waals surface area contributed by atoms with Crippen LogP contribution in [0.15, 0.2) is 18.1 Å². The maximum atomic E-state index is 13.0. The molecule has 1 aliphatic heterocycles. The molecule has 0 saturated carbocycles. The Bertz CT molecular complexity index is 369. The Morgan fingerprint density at radius 2 is 2.36 bits per heavy atom. The number of nitrogens with two attached hydrogens (primary N) is 1. The SMILES string of the molecule is Cn1cc(N)c(N2CCC=C(F)C2)n1. The predicted octanol–water partition coefficient (Wildman–Crippen LogP) is 1.07. The van der Waals surface area contributed by atoms with Gasteiger partial charge < -0.3 is 10.6 Å². The normalized spacial score (nSPS) is 17.0. The minimum Gasteiger partial charge on any atom is -0.394 e. The van der Waals surface area contributed by atoms with Crippen molar-refractivity contribution in [1.29, 1.82) is 0 Å². The van der Waals surface area contributed by atoms with Crippen molar-refractivity contribution in [3.05, 3.63) is 18.1 Å². The van der Waals surface area contributed by atoms with Crippen LogP contribution >= 0.6 is 0 Å². The van der Waals surface area contributed by atoms with Gasteiger partial charge in [0.25, 0.3) is 0 Å². The average Bonchev–Trinajstić information content (AvgIpc) is 2.45. The maximum Gasteiger partial charge on any atom is 0.174 e. The minimum absolute atomic E-state index is 0.110.